The van der Waals surface area contributed by atoms with Crippen molar-refractivity contribution in [2.75, 3.05) is 11.9 Å². The van der Waals surface area contributed by atoms with Crippen LogP contribution < -0.4 is 5.32 Å². The molecule has 0 bridgehead atoms. The fourth-order valence-corrected chi connectivity index (χ4v) is 3.80. The molecule has 26 heavy (non-hydrogen) atoms. The molecule has 1 heterocycles. The Balaban J connectivity index is 2.41. The predicted octanol–water partition coefficient (Wildman–Crippen LogP) is 6.48. The van der Waals surface area contributed by atoms with E-state index in [-0.39, 0.29) is 5.56 Å². The minimum atomic E-state index is -0.997. The number of nitrogens with one attached hydrogen (secondary N) is 1. The van der Waals surface area contributed by atoms with E-state index in [0.29, 0.717) is 11.6 Å². The molecule has 0 aliphatic rings. The van der Waals surface area contributed by atoms with Gasteiger partial charge >= 0.3 is 12.1 Å². The Hall–Kier alpha value is -1.56. The van der Waals surface area contributed by atoms with Gasteiger partial charge in [-0.15, -0.1) is 11.3 Å². The number of ether oxygens (including phenoxy) is 1. The van der Waals surface area contributed by atoms with Crippen molar-refractivity contribution in [3.05, 3.63) is 16.5 Å². The molecule has 1 aromatic heterocycles. The van der Waals surface area contributed by atoms with Gasteiger partial charge in [-0.25, -0.2) is 9.59 Å². The Kier molecular flexibility index (Phi) is 11.8. The first-order chi connectivity index (χ1) is 12.6. The first-order valence-electron chi connectivity index (χ1n) is 9.87. The molecule has 0 aromatic carbocycles. The number of anilines is 1. The van der Waals surface area contributed by atoms with Crippen LogP contribution in [-0.2, 0) is 11.2 Å². The third-order valence-electron chi connectivity index (χ3n) is 4.33. The number of carboxylic acid groups (broad SMARTS) is 1. The second-order valence-electron chi connectivity index (χ2n) is 6.61. The molecular formula is C20H33NO4S. The molecule has 6 heteroatoms. The molecule has 0 atom stereocenters. The van der Waals surface area contributed by atoms with E-state index in [2.05, 4.69) is 19.2 Å². The summed E-state index contributed by atoms with van der Waals surface area (Å²) in [7, 11) is 0. The molecule has 2 N–H and O–H groups in total. The van der Waals surface area contributed by atoms with E-state index in [1.807, 2.05) is 5.38 Å². The number of hydrogen-bond acceptors (Lipinski definition) is 4. The molecule has 0 aliphatic heterocycles. The summed E-state index contributed by atoms with van der Waals surface area (Å²) in [5.41, 5.74) is 1.01. The van der Waals surface area contributed by atoms with Crippen LogP contribution >= 0.6 is 11.3 Å². The average Bonchev–Trinajstić information content (AvgIpc) is 3.00. The van der Waals surface area contributed by atoms with Gasteiger partial charge in [0.05, 0.1) is 12.2 Å². The van der Waals surface area contributed by atoms with Crippen LogP contribution in [0.25, 0.3) is 0 Å². The highest BCUT2D eigenvalue weighted by atomic mass is 32.1. The number of carbonyl (C=O) groups excluding carboxylic acids is 1. The normalized spacial score (nSPS) is 10.7. The number of hydrogen-bond donors (Lipinski definition) is 2. The molecule has 1 amide bonds. The van der Waals surface area contributed by atoms with Crippen molar-refractivity contribution >= 4 is 28.4 Å². The monoisotopic (exact) mass is 383 g/mol. The number of amides is 1. The third kappa shape index (κ3) is 8.70. The third-order valence-corrected chi connectivity index (χ3v) is 5.27. The minimum absolute atomic E-state index is 0.211. The molecule has 0 fully saturated rings. The highest BCUT2D eigenvalue weighted by molar-refractivity contribution is 7.15. The van der Waals surface area contributed by atoms with Gasteiger partial charge in [-0.2, -0.15) is 0 Å². The summed E-state index contributed by atoms with van der Waals surface area (Å²) < 4.78 is 5.17. The van der Waals surface area contributed by atoms with E-state index >= 15 is 0 Å². The lowest BCUT2D eigenvalue weighted by atomic mass is 10.0. The zero-order chi connectivity index (χ0) is 19.2. The van der Waals surface area contributed by atoms with Crippen LogP contribution in [-0.4, -0.2) is 23.8 Å². The van der Waals surface area contributed by atoms with Crippen molar-refractivity contribution in [3.8, 4) is 0 Å². The Morgan fingerprint density at radius 3 is 2.27 bits per heavy atom. The standard InChI is InChI=1S/C20H33NO4S/c1-3-5-7-9-10-12-14-25-20(24)21-18-17(19(22)23)16(15-26-18)13-11-8-6-4-2/h15H,3-14H2,1-2H3,(H,21,24)(H,22,23). The summed E-state index contributed by atoms with van der Waals surface area (Å²) in [6.07, 6.45) is 11.3. The van der Waals surface area contributed by atoms with Crippen molar-refractivity contribution in [2.24, 2.45) is 0 Å². The van der Waals surface area contributed by atoms with Gasteiger partial charge in [-0.3, -0.25) is 5.32 Å². The molecule has 1 rings (SSSR count). The van der Waals surface area contributed by atoms with Crippen molar-refractivity contribution in [1.82, 2.24) is 0 Å². The van der Waals surface area contributed by atoms with Crippen LogP contribution in [0.1, 0.15) is 94.0 Å². The fraction of sp³-hybridized carbons (Fsp3) is 0.700. The molecule has 0 spiro atoms. The smallest absolute Gasteiger partial charge is 0.412 e. The predicted molar refractivity (Wildman–Crippen MR) is 107 cm³/mol. The molecule has 148 valence electrons. The van der Waals surface area contributed by atoms with Gasteiger partial charge in [0.1, 0.15) is 5.00 Å². The van der Waals surface area contributed by atoms with Gasteiger partial charge in [0.15, 0.2) is 0 Å². The van der Waals surface area contributed by atoms with Gasteiger partial charge in [-0.1, -0.05) is 65.2 Å². The number of aryl methyl sites for hydroxylation is 1. The van der Waals surface area contributed by atoms with E-state index in [1.165, 1.54) is 30.6 Å². The van der Waals surface area contributed by atoms with Crippen LogP contribution in [0.4, 0.5) is 9.80 Å². The second-order valence-corrected chi connectivity index (χ2v) is 7.49. The first kappa shape index (κ1) is 22.5. The Morgan fingerprint density at radius 2 is 1.62 bits per heavy atom. The molecule has 0 saturated carbocycles. The maximum Gasteiger partial charge on any atom is 0.412 e. The summed E-state index contributed by atoms with van der Waals surface area (Å²) in [5, 5.41) is 14.3. The van der Waals surface area contributed by atoms with Crippen molar-refractivity contribution in [2.45, 2.75) is 84.5 Å². The van der Waals surface area contributed by atoms with Crippen LogP contribution in [0, 0.1) is 0 Å². The highest BCUT2D eigenvalue weighted by Crippen LogP contribution is 2.30. The fourth-order valence-electron chi connectivity index (χ4n) is 2.82. The van der Waals surface area contributed by atoms with Crippen LogP contribution in [0.3, 0.4) is 0 Å². The zero-order valence-electron chi connectivity index (χ0n) is 16.1. The second kappa shape index (κ2) is 13.6. The number of aromatic carboxylic acids is 1. The average molecular weight is 384 g/mol. The summed E-state index contributed by atoms with van der Waals surface area (Å²) in [6, 6.07) is 0. The zero-order valence-corrected chi connectivity index (χ0v) is 17.0. The summed E-state index contributed by atoms with van der Waals surface area (Å²) in [4.78, 5) is 23.5. The lowest BCUT2D eigenvalue weighted by Crippen LogP contribution is -2.16. The number of carbonyl (C=O) groups is 2. The number of unbranched alkanes of at least 4 members (excludes halogenated alkanes) is 8. The van der Waals surface area contributed by atoms with Crippen molar-refractivity contribution in [3.63, 3.8) is 0 Å². The summed E-state index contributed by atoms with van der Waals surface area (Å²) >= 11 is 1.26. The van der Waals surface area contributed by atoms with Gasteiger partial charge in [0.2, 0.25) is 0 Å². The number of carboxylic acids is 1. The molecule has 0 unspecified atom stereocenters. The van der Waals surface area contributed by atoms with E-state index in [4.69, 9.17) is 4.74 Å². The van der Waals surface area contributed by atoms with Crippen LogP contribution in [0.2, 0.25) is 0 Å². The van der Waals surface area contributed by atoms with Crippen LogP contribution in [0.15, 0.2) is 5.38 Å². The maximum absolute atomic E-state index is 11.9. The van der Waals surface area contributed by atoms with Gasteiger partial charge in [-0.05, 0) is 30.2 Å². The van der Waals surface area contributed by atoms with E-state index in [0.717, 1.165) is 56.9 Å². The highest BCUT2D eigenvalue weighted by Gasteiger charge is 2.20. The van der Waals surface area contributed by atoms with Gasteiger partial charge in [0, 0.05) is 0 Å². The quantitative estimate of drug-likeness (QED) is 0.361. The topological polar surface area (TPSA) is 75.6 Å². The maximum atomic E-state index is 11.9. The summed E-state index contributed by atoms with van der Waals surface area (Å²) in [6.45, 7) is 4.70. The molecule has 5 nitrogen and oxygen atoms in total. The largest absolute Gasteiger partial charge is 0.478 e. The summed E-state index contributed by atoms with van der Waals surface area (Å²) in [5.74, 6) is -0.997. The molecular weight excluding hydrogens is 350 g/mol. The van der Waals surface area contributed by atoms with Gasteiger partial charge < -0.3 is 9.84 Å². The molecule has 0 aliphatic carbocycles. The molecule has 1 aromatic rings. The molecule has 0 saturated heterocycles. The van der Waals surface area contributed by atoms with E-state index < -0.39 is 12.1 Å². The number of thiophene rings is 1. The SMILES string of the molecule is CCCCCCCCOC(=O)Nc1scc(CCCCCC)c1C(=O)O. The lowest BCUT2D eigenvalue weighted by molar-refractivity contribution is 0.0697. The van der Waals surface area contributed by atoms with E-state index in [1.54, 1.807) is 0 Å². The molecule has 0 radical (unpaired) electrons. The first-order valence-corrected chi connectivity index (χ1v) is 10.8. The minimum Gasteiger partial charge on any atom is -0.478 e. The lowest BCUT2D eigenvalue weighted by Gasteiger charge is -2.07. The van der Waals surface area contributed by atoms with Crippen LogP contribution in [0.5, 0.6) is 0 Å². The van der Waals surface area contributed by atoms with E-state index in [9.17, 15) is 14.7 Å². The Morgan fingerprint density at radius 1 is 1.00 bits per heavy atom. The van der Waals surface area contributed by atoms with Crippen molar-refractivity contribution < 1.29 is 19.4 Å². The van der Waals surface area contributed by atoms with Crippen molar-refractivity contribution in [1.29, 1.82) is 0 Å². The Bertz CT molecular complexity index is 542. The number of rotatable bonds is 14. The van der Waals surface area contributed by atoms with Gasteiger partial charge in [0.25, 0.3) is 0 Å². The Labute approximate surface area is 161 Å².